The zero-order valence-electron chi connectivity index (χ0n) is 19.7. The van der Waals surface area contributed by atoms with E-state index in [-0.39, 0.29) is 16.2 Å². The van der Waals surface area contributed by atoms with Crippen molar-refractivity contribution in [2.75, 3.05) is 0 Å². The fourth-order valence-corrected chi connectivity index (χ4v) is 4.59. The molecule has 0 aliphatic heterocycles. The lowest BCUT2D eigenvalue weighted by Crippen LogP contribution is -2.29. The second-order valence-electron chi connectivity index (χ2n) is 10.5. The maximum atomic E-state index is 10.5. The Balaban J connectivity index is 2.80. The van der Waals surface area contributed by atoms with Crippen molar-refractivity contribution in [3.05, 3.63) is 58.7 Å². The maximum absolute atomic E-state index is 10.5. The monoisotopic (exact) mass is 396 g/mol. The smallest absolute Gasteiger partial charge is 0.119 e. The predicted octanol–water partition coefficient (Wildman–Crippen LogP) is 7.58. The number of aromatic hydroxyl groups is 2. The van der Waals surface area contributed by atoms with Crippen molar-refractivity contribution in [2.24, 2.45) is 0 Å². The first kappa shape index (κ1) is 23.3. The maximum Gasteiger partial charge on any atom is 0.119 e. The Morgan fingerprint density at radius 2 is 0.966 bits per heavy atom. The van der Waals surface area contributed by atoms with Crippen LogP contribution in [0.15, 0.2) is 36.4 Å². The first-order valence-electron chi connectivity index (χ1n) is 11.0. The van der Waals surface area contributed by atoms with Gasteiger partial charge in [-0.3, -0.25) is 0 Å². The molecule has 0 saturated carbocycles. The third-order valence-electron chi connectivity index (χ3n) is 6.07. The predicted molar refractivity (Wildman–Crippen MR) is 124 cm³/mol. The lowest BCUT2D eigenvalue weighted by Gasteiger charge is -2.37. The molecule has 0 spiro atoms. The lowest BCUT2D eigenvalue weighted by molar-refractivity contribution is 0.413. The number of hydrogen-bond acceptors (Lipinski definition) is 2. The standard InChI is InChI=1S/C27H40O2/c1-9-15-27(16-10-2,19-11-13-23(28)21(17-19)25(3,4)5)20-12-14-24(29)22(18-20)26(6,7)8/h11-14,17-18,28-29H,9-10,15-16H2,1-8H3. The van der Waals surface area contributed by atoms with E-state index in [0.29, 0.717) is 11.5 Å². The summed E-state index contributed by atoms with van der Waals surface area (Å²) in [6.07, 6.45) is 4.20. The molecule has 2 aromatic rings. The largest absolute Gasteiger partial charge is 0.508 e. The molecule has 2 rings (SSSR count). The van der Waals surface area contributed by atoms with Crippen LogP contribution in [0.3, 0.4) is 0 Å². The normalized spacial score (nSPS) is 13.0. The highest BCUT2D eigenvalue weighted by molar-refractivity contribution is 5.50. The third kappa shape index (κ3) is 4.79. The van der Waals surface area contributed by atoms with Crippen molar-refractivity contribution in [1.82, 2.24) is 0 Å². The van der Waals surface area contributed by atoms with Gasteiger partial charge in [-0.25, -0.2) is 0 Å². The van der Waals surface area contributed by atoms with Crippen LogP contribution in [0.1, 0.15) is 103 Å². The number of hydrogen-bond donors (Lipinski definition) is 2. The Bertz CT molecular complexity index is 763. The molecule has 0 aliphatic rings. The molecule has 0 fully saturated rings. The molecule has 160 valence electrons. The molecule has 2 heteroatoms. The van der Waals surface area contributed by atoms with E-state index in [1.165, 1.54) is 11.1 Å². The highest BCUT2D eigenvalue weighted by atomic mass is 16.3. The molecule has 2 nitrogen and oxygen atoms in total. The second-order valence-corrected chi connectivity index (χ2v) is 10.5. The van der Waals surface area contributed by atoms with E-state index in [1.54, 1.807) is 0 Å². The molecule has 0 amide bonds. The minimum atomic E-state index is -0.134. The van der Waals surface area contributed by atoms with Gasteiger partial charge >= 0.3 is 0 Å². The molecule has 2 aromatic carbocycles. The fraction of sp³-hybridized carbons (Fsp3) is 0.556. The SMILES string of the molecule is CCCC(CCC)(c1ccc(O)c(C(C)(C)C)c1)c1ccc(O)c(C(C)(C)C)c1. The molecule has 0 aromatic heterocycles. The lowest BCUT2D eigenvalue weighted by atomic mass is 9.66. The van der Waals surface area contributed by atoms with Crippen molar-refractivity contribution in [3.63, 3.8) is 0 Å². The number of phenolic OH excluding ortho intramolecular Hbond substituents is 2. The van der Waals surface area contributed by atoms with Gasteiger partial charge in [0.15, 0.2) is 0 Å². The molecule has 0 bridgehead atoms. The molecule has 0 aliphatic carbocycles. The van der Waals surface area contributed by atoms with Crippen LogP contribution >= 0.6 is 0 Å². The Kier molecular flexibility index (Phi) is 6.77. The summed E-state index contributed by atoms with van der Waals surface area (Å²) >= 11 is 0. The van der Waals surface area contributed by atoms with Crippen molar-refractivity contribution in [1.29, 1.82) is 0 Å². The summed E-state index contributed by atoms with van der Waals surface area (Å²) < 4.78 is 0. The molecule has 29 heavy (non-hydrogen) atoms. The van der Waals surface area contributed by atoms with Crippen LogP contribution < -0.4 is 0 Å². The zero-order chi connectivity index (χ0) is 22.0. The van der Waals surface area contributed by atoms with Gasteiger partial charge in [-0.1, -0.05) is 92.5 Å². The highest BCUT2D eigenvalue weighted by Gasteiger charge is 2.35. The summed E-state index contributed by atoms with van der Waals surface area (Å²) in [4.78, 5) is 0. The van der Waals surface area contributed by atoms with Gasteiger partial charge in [-0.15, -0.1) is 0 Å². The van der Waals surface area contributed by atoms with E-state index in [9.17, 15) is 10.2 Å². The average molecular weight is 397 g/mol. The summed E-state index contributed by atoms with van der Waals surface area (Å²) in [6.45, 7) is 17.3. The molecule has 0 unspecified atom stereocenters. The van der Waals surface area contributed by atoms with Gasteiger partial charge in [0.1, 0.15) is 11.5 Å². The van der Waals surface area contributed by atoms with Crippen molar-refractivity contribution in [2.45, 2.75) is 97.3 Å². The zero-order valence-corrected chi connectivity index (χ0v) is 19.7. The van der Waals surface area contributed by atoms with Crippen LogP contribution in [0, 0.1) is 0 Å². The van der Waals surface area contributed by atoms with Crippen molar-refractivity contribution in [3.8, 4) is 11.5 Å². The average Bonchev–Trinajstić information content (AvgIpc) is 2.60. The van der Waals surface area contributed by atoms with Gasteiger partial charge in [-0.05, 0) is 58.1 Å². The Labute approximate surface area is 178 Å². The number of rotatable bonds is 6. The van der Waals surface area contributed by atoms with E-state index in [1.807, 2.05) is 12.1 Å². The highest BCUT2D eigenvalue weighted by Crippen LogP contribution is 2.45. The van der Waals surface area contributed by atoms with Crippen LogP contribution in [-0.2, 0) is 16.2 Å². The molecular weight excluding hydrogens is 356 g/mol. The first-order chi connectivity index (χ1) is 13.4. The van der Waals surface area contributed by atoms with Crippen LogP contribution in [0.25, 0.3) is 0 Å². The van der Waals surface area contributed by atoms with Crippen molar-refractivity contribution < 1.29 is 10.2 Å². The van der Waals surface area contributed by atoms with Crippen molar-refractivity contribution >= 4 is 0 Å². The summed E-state index contributed by atoms with van der Waals surface area (Å²) in [5, 5.41) is 21.0. The quantitative estimate of drug-likeness (QED) is 0.528. The number of benzene rings is 2. The van der Waals surface area contributed by atoms with Crippen LogP contribution in [0.4, 0.5) is 0 Å². The first-order valence-corrected chi connectivity index (χ1v) is 11.0. The molecule has 0 radical (unpaired) electrons. The van der Waals surface area contributed by atoms with Crippen LogP contribution in [0.2, 0.25) is 0 Å². The fourth-order valence-electron chi connectivity index (χ4n) is 4.59. The minimum Gasteiger partial charge on any atom is -0.508 e. The second kappa shape index (κ2) is 8.42. The topological polar surface area (TPSA) is 40.5 Å². The molecule has 0 atom stereocenters. The van der Waals surface area contributed by atoms with E-state index in [0.717, 1.165) is 36.8 Å². The minimum absolute atomic E-state index is 0.129. The van der Waals surface area contributed by atoms with Crippen LogP contribution in [0.5, 0.6) is 11.5 Å². The van der Waals surface area contributed by atoms with E-state index >= 15 is 0 Å². The summed E-state index contributed by atoms with van der Waals surface area (Å²) in [5.74, 6) is 0.730. The third-order valence-corrected chi connectivity index (χ3v) is 6.07. The summed E-state index contributed by atoms with van der Waals surface area (Å²) in [5.41, 5.74) is 4.10. The molecule has 0 saturated heterocycles. The number of phenols is 2. The Morgan fingerprint density at radius 3 is 1.24 bits per heavy atom. The summed E-state index contributed by atoms with van der Waals surface area (Å²) in [7, 11) is 0. The van der Waals surface area contributed by atoms with Gasteiger partial charge in [0.2, 0.25) is 0 Å². The van der Waals surface area contributed by atoms with Gasteiger partial charge < -0.3 is 10.2 Å². The van der Waals surface area contributed by atoms with Gasteiger partial charge in [-0.2, -0.15) is 0 Å². The molecule has 0 heterocycles. The van der Waals surface area contributed by atoms with E-state index in [2.05, 4.69) is 79.7 Å². The molecule has 2 N–H and O–H groups in total. The van der Waals surface area contributed by atoms with Gasteiger partial charge in [0, 0.05) is 5.41 Å². The van der Waals surface area contributed by atoms with Gasteiger partial charge in [0.25, 0.3) is 0 Å². The van der Waals surface area contributed by atoms with Crippen LogP contribution in [-0.4, -0.2) is 10.2 Å². The van der Waals surface area contributed by atoms with E-state index < -0.39 is 0 Å². The van der Waals surface area contributed by atoms with Gasteiger partial charge in [0.05, 0.1) is 0 Å². The molecular formula is C27H40O2. The summed E-state index contributed by atoms with van der Waals surface area (Å²) in [6, 6.07) is 12.3. The Morgan fingerprint density at radius 1 is 0.621 bits per heavy atom. The Hall–Kier alpha value is -1.96. The van der Waals surface area contributed by atoms with E-state index in [4.69, 9.17) is 0 Å².